The van der Waals surface area contributed by atoms with Crippen molar-refractivity contribution in [3.8, 4) is 17.7 Å². The Hall–Kier alpha value is -3.49. The number of nitriles is 1. The average molecular weight is 495 g/mol. The maximum atomic E-state index is 12.2. The summed E-state index contributed by atoms with van der Waals surface area (Å²) in [7, 11) is 1.50. The highest BCUT2D eigenvalue weighted by molar-refractivity contribution is 6.37. The molecule has 0 bridgehead atoms. The Kier molecular flexibility index (Phi) is 8.90. The van der Waals surface area contributed by atoms with Gasteiger partial charge in [0.2, 0.25) is 11.9 Å². The van der Waals surface area contributed by atoms with E-state index in [-0.39, 0.29) is 45.4 Å². The van der Waals surface area contributed by atoms with Gasteiger partial charge in [0, 0.05) is 18.7 Å². The largest absolute Gasteiger partial charge is 0.450 e. The number of carbonyl (C=O) groups is 2. The average Bonchev–Trinajstić information content (AvgIpc) is 2.73. The van der Waals surface area contributed by atoms with Gasteiger partial charge in [-0.3, -0.25) is 14.9 Å². The zero-order valence-electron chi connectivity index (χ0n) is 18.1. The number of ether oxygens (including phenoxy) is 2. The third-order valence-electron chi connectivity index (χ3n) is 4.04. The van der Waals surface area contributed by atoms with Gasteiger partial charge in [-0.15, -0.1) is 5.10 Å². The number of rotatable bonds is 7. The van der Waals surface area contributed by atoms with Gasteiger partial charge in [0.1, 0.15) is 6.07 Å². The number of benzene rings is 1. The van der Waals surface area contributed by atoms with Gasteiger partial charge in [0.25, 0.3) is 11.5 Å². The van der Waals surface area contributed by atoms with Gasteiger partial charge in [0.15, 0.2) is 5.75 Å². The molecule has 0 saturated heterocycles. The first-order valence-corrected chi connectivity index (χ1v) is 10.4. The SMILES string of the molecule is CCOC(=O)NC(=O)C(C#N)N=Nc1cc(Cl)c(Oc2cc(C(C)C)c(=O)n(C)n2)c(Cl)c1. The Bertz CT molecular complexity index is 1170. The molecule has 11 nitrogen and oxygen atoms in total. The number of hydrogen-bond donors (Lipinski definition) is 1. The highest BCUT2D eigenvalue weighted by Crippen LogP contribution is 2.39. The summed E-state index contributed by atoms with van der Waals surface area (Å²) in [6.07, 6.45) is -1.00. The van der Waals surface area contributed by atoms with Crippen molar-refractivity contribution in [1.82, 2.24) is 15.1 Å². The molecule has 1 aromatic heterocycles. The highest BCUT2D eigenvalue weighted by atomic mass is 35.5. The monoisotopic (exact) mass is 494 g/mol. The summed E-state index contributed by atoms with van der Waals surface area (Å²) in [6, 6.07) is 4.20. The van der Waals surface area contributed by atoms with E-state index in [2.05, 4.69) is 20.1 Å². The van der Waals surface area contributed by atoms with Crippen molar-refractivity contribution in [2.75, 3.05) is 6.61 Å². The number of hydrogen-bond acceptors (Lipinski definition) is 9. The molecule has 1 N–H and O–H groups in total. The molecule has 2 aromatic rings. The summed E-state index contributed by atoms with van der Waals surface area (Å²) in [6.45, 7) is 5.34. The van der Waals surface area contributed by atoms with Crippen LogP contribution in [0.1, 0.15) is 32.3 Å². The van der Waals surface area contributed by atoms with Gasteiger partial charge < -0.3 is 9.47 Å². The topological polar surface area (TPSA) is 148 Å². The van der Waals surface area contributed by atoms with E-state index >= 15 is 0 Å². The summed E-state index contributed by atoms with van der Waals surface area (Å²) < 4.78 is 11.4. The number of carbonyl (C=O) groups excluding carboxylic acids is 2. The van der Waals surface area contributed by atoms with Crippen molar-refractivity contribution in [3.63, 3.8) is 0 Å². The molecule has 2 amide bonds. The second-order valence-electron chi connectivity index (χ2n) is 6.82. The van der Waals surface area contributed by atoms with Gasteiger partial charge in [-0.2, -0.15) is 15.5 Å². The number of halogens is 2. The predicted octanol–water partition coefficient (Wildman–Crippen LogP) is 4.25. The van der Waals surface area contributed by atoms with E-state index in [1.807, 2.05) is 19.2 Å². The normalized spacial score (nSPS) is 11.8. The van der Waals surface area contributed by atoms with E-state index in [0.29, 0.717) is 5.56 Å². The zero-order valence-corrected chi connectivity index (χ0v) is 19.6. The number of azo groups is 1. The molecule has 1 heterocycles. The van der Waals surface area contributed by atoms with Gasteiger partial charge in [0.05, 0.1) is 22.3 Å². The van der Waals surface area contributed by atoms with E-state index in [1.165, 1.54) is 25.2 Å². The summed E-state index contributed by atoms with van der Waals surface area (Å²) in [4.78, 5) is 35.4. The molecule has 0 spiro atoms. The number of nitrogens with zero attached hydrogens (tertiary/aromatic N) is 5. The number of aromatic nitrogens is 2. The molecule has 1 aromatic carbocycles. The van der Waals surface area contributed by atoms with Gasteiger partial charge >= 0.3 is 6.09 Å². The van der Waals surface area contributed by atoms with Gasteiger partial charge in [-0.25, -0.2) is 9.48 Å². The van der Waals surface area contributed by atoms with Crippen molar-refractivity contribution in [1.29, 1.82) is 5.26 Å². The number of nitrogens with one attached hydrogen (secondary N) is 1. The van der Waals surface area contributed by atoms with Crippen LogP contribution in [0.15, 0.2) is 33.2 Å². The van der Waals surface area contributed by atoms with Crippen LogP contribution in [0.4, 0.5) is 10.5 Å². The van der Waals surface area contributed by atoms with Crippen LogP contribution >= 0.6 is 23.2 Å². The molecule has 2 rings (SSSR count). The van der Waals surface area contributed by atoms with E-state index in [9.17, 15) is 14.4 Å². The van der Waals surface area contributed by atoms with Crippen LogP contribution in [-0.4, -0.2) is 34.4 Å². The fraction of sp³-hybridized carbons (Fsp3) is 0.350. The molecule has 1 unspecified atom stereocenters. The Labute approximate surface area is 198 Å². The third kappa shape index (κ3) is 6.74. The number of imide groups is 1. The first kappa shape index (κ1) is 25.8. The first-order valence-electron chi connectivity index (χ1n) is 9.60. The number of alkyl carbamates (subject to hydrolysis) is 1. The first-order chi connectivity index (χ1) is 15.6. The van der Waals surface area contributed by atoms with Crippen LogP contribution in [0.25, 0.3) is 0 Å². The summed E-state index contributed by atoms with van der Waals surface area (Å²) in [5.41, 5.74) is 0.381. The standard InChI is InChI=1S/C20H20Cl2N6O5/c1-5-32-20(31)24-18(29)15(9-23)26-25-11-6-13(21)17(14(22)7-11)33-16-8-12(10(2)3)19(30)28(4)27-16/h6-8,10,15H,5H2,1-4H3,(H,24,29,31). The summed E-state index contributed by atoms with van der Waals surface area (Å²) in [5, 5.41) is 22.5. The highest BCUT2D eigenvalue weighted by Gasteiger charge is 2.21. The minimum atomic E-state index is -1.60. The summed E-state index contributed by atoms with van der Waals surface area (Å²) >= 11 is 12.5. The number of amides is 2. The lowest BCUT2D eigenvalue weighted by Crippen LogP contribution is -2.37. The molecule has 33 heavy (non-hydrogen) atoms. The molecule has 0 aliphatic carbocycles. The molecule has 1 atom stereocenters. The molecule has 0 saturated carbocycles. The van der Waals surface area contributed by atoms with Crippen LogP contribution in [-0.2, 0) is 16.6 Å². The molecule has 0 aliphatic heterocycles. The Balaban J connectivity index is 2.25. The fourth-order valence-corrected chi connectivity index (χ4v) is 3.02. The third-order valence-corrected chi connectivity index (χ3v) is 4.60. The lowest BCUT2D eigenvalue weighted by atomic mass is 10.1. The van der Waals surface area contributed by atoms with Crippen molar-refractivity contribution in [3.05, 3.63) is 44.2 Å². The van der Waals surface area contributed by atoms with Crippen molar-refractivity contribution < 1.29 is 19.1 Å². The predicted molar refractivity (Wildman–Crippen MR) is 119 cm³/mol. The quantitative estimate of drug-likeness (QED) is 0.565. The Morgan fingerprint density at radius 3 is 2.45 bits per heavy atom. The van der Waals surface area contributed by atoms with Crippen LogP contribution in [0.5, 0.6) is 11.6 Å². The molecule has 13 heteroatoms. The maximum absolute atomic E-state index is 12.2. The van der Waals surface area contributed by atoms with Crippen molar-refractivity contribution >= 4 is 40.9 Å². The van der Waals surface area contributed by atoms with Gasteiger partial charge in [-0.1, -0.05) is 37.0 Å². The Morgan fingerprint density at radius 1 is 1.27 bits per heavy atom. The van der Waals surface area contributed by atoms with Gasteiger partial charge in [-0.05, 0) is 25.0 Å². The van der Waals surface area contributed by atoms with Crippen LogP contribution in [0.2, 0.25) is 10.0 Å². The fourth-order valence-electron chi connectivity index (χ4n) is 2.47. The van der Waals surface area contributed by atoms with Crippen LogP contribution in [0.3, 0.4) is 0 Å². The van der Waals surface area contributed by atoms with Crippen LogP contribution in [0, 0.1) is 11.3 Å². The van der Waals surface area contributed by atoms with Crippen molar-refractivity contribution in [2.24, 2.45) is 17.3 Å². The minimum Gasteiger partial charge on any atom is -0.450 e. The van der Waals surface area contributed by atoms with Crippen molar-refractivity contribution in [2.45, 2.75) is 32.7 Å². The molecule has 0 aliphatic rings. The molecule has 174 valence electrons. The zero-order chi connectivity index (χ0) is 24.7. The van der Waals surface area contributed by atoms with E-state index in [0.717, 1.165) is 4.68 Å². The van der Waals surface area contributed by atoms with E-state index in [4.69, 9.17) is 33.2 Å². The second kappa shape index (κ2) is 11.4. The number of aryl methyl sites for hydroxylation is 1. The Morgan fingerprint density at radius 2 is 1.91 bits per heavy atom. The molecular weight excluding hydrogens is 475 g/mol. The van der Waals surface area contributed by atoms with Crippen LogP contribution < -0.4 is 15.6 Å². The molecular formula is C20H20Cl2N6O5. The second-order valence-corrected chi connectivity index (χ2v) is 7.63. The smallest absolute Gasteiger partial charge is 0.413 e. The maximum Gasteiger partial charge on any atom is 0.413 e. The molecule has 0 radical (unpaired) electrons. The molecule has 0 fully saturated rings. The lowest BCUT2D eigenvalue weighted by molar-refractivity contribution is -0.120. The minimum absolute atomic E-state index is 0.0442. The lowest BCUT2D eigenvalue weighted by Gasteiger charge is -2.12. The van der Waals surface area contributed by atoms with E-state index in [1.54, 1.807) is 13.0 Å². The summed E-state index contributed by atoms with van der Waals surface area (Å²) in [5.74, 6) is -0.885. The van der Waals surface area contributed by atoms with E-state index < -0.39 is 18.0 Å².